The summed E-state index contributed by atoms with van der Waals surface area (Å²) in [6.45, 7) is 7.24. The van der Waals surface area contributed by atoms with Crippen molar-refractivity contribution in [3.8, 4) is 0 Å². The minimum atomic E-state index is -3.80. The van der Waals surface area contributed by atoms with E-state index in [9.17, 15) is 13.2 Å². The maximum absolute atomic E-state index is 10.4. The molecule has 0 saturated heterocycles. The summed E-state index contributed by atoms with van der Waals surface area (Å²) < 4.78 is 29.4. The van der Waals surface area contributed by atoms with Gasteiger partial charge < -0.3 is 15.7 Å². The summed E-state index contributed by atoms with van der Waals surface area (Å²) in [5.41, 5.74) is 0. The number of carboxylic acids is 1. The van der Waals surface area contributed by atoms with Gasteiger partial charge in [-0.05, 0) is 25.9 Å². The topological polar surface area (TPSA) is 116 Å². The van der Waals surface area contributed by atoms with Gasteiger partial charge in [0.15, 0.2) is 0 Å². The van der Waals surface area contributed by atoms with Crippen LogP contribution in [0.3, 0.4) is 0 Å². The molecule has 7 nitrogen and oxygen atoms in total. The van der Waals surface area contributed by atoms with Crippen LogP contribution < -0.4 is 10.6 Å². The third kappa shape index (κ3) is 42.6. The monoisotopic (exact) mass is 550 g/mol. The van der Waals surface area contributed by atoms with Crippen LogP contribution in [0, 0.1) is 0 Å². The van der Waals surface area contributed by atoms with Crippen LogP contribution >= 0.6 is 0 Å². The summed E-state index contributed by atoms with van der Waals surface area (Å²) in [6, 6.07) is 0. The van der Waals surface area contributed by atoms with Crippen LogP contribution in [0.25, 0.3) is 0 Å². The fourth-order valence-electron chi connectivity index (χ4n) is 4.12. The highest BCUT2D eigenvalue weighted by molar-refractivity contribution is 7.85. The van der Waals surface area contributed by atoms with E-state index in [-0.39, 0.29) is 12.2 Å². The van der Waals surface area contributed by atoms with Crippen molar-refractivity contribution < 1.29 is 22.9 Å². The van der Waals surface area contributed by atoms with Gasteiger partial charge in [0.05, 0.1) is 12.2 Å². The molecule has 37 heavy (non-hydrogen) atoms. The first kappa shape index (κ1) is 38.4. The third-order valence-corrected chi connectivity index (χ3v) is 7.19. The second-order valence-electron chi connectivity index (χ2n) is 10.3. The Morgan fingerprint density at radius 1 is 0.541 bits per heavy atom. The molecule has 224 valence electrons. The van der Waals surface area contributed by atoms with Crippen LogP contribution in [0.5, 0.6) is 0 Å². The maximum atomic E-state index is 10.4. The molecule has 0 spiro atoms. The van der Waals surface area contributed by atoms with E-state index in [4.69, 9.17) is 9.66 Å². The summed E-state index contributed by atoms with van der Waals surface area (Å²) >= 11 is 0. The number of hydrogen-bond donors (Lipinski definition) is 4. The molecule has 0 fully saturated rings. The summed E-state index contributed by atoms with van der Waals surface area (Å²) in [7, 11) is -3.80. The standard InChI is InChI=1S/C15H31NO2.C14H31NO3S/c1-2-3-4-5-6-7-8-9-10-11-13-16-14-12-15(17)18;1-2-3-4-5-6-7-8-9-10-11-12-15-13-14-19(16,17)18/h16H,2-14H2,1H3,(H,17,18);15H,2-14H2,1H3,(H,16,17,18). The fraction of sp³-hybridized carbons (Fsp3) is 0.966. The van der Waals surface area contributed by atoms with Crippen molar-refractivity contribution in [1.29, 1.82) is 0 Å². The number of aliphatic carboxylic acids is 1. The molecule has 8 heteroatoms. The van der Waals surface area contributed by atoms with E-state index < -0.39 is 16.1 Å². The lowest BCUT2D eigenvalue weighted by atomic mass is 10.1. The summed E-state index contributed by atoms with van der Waals surface area (Å²) in [4.78, 5) is 10.3. The molecule has 0 unspecified atom stereocenters. The van der Waals surface area contributed by atoms with Gasteiger partial charge in [-0.2, -0.15) is 8.42 Å². The van der Waals surface area contributed by atoms with Gasteiger partial charge in [0.2, 0.25) is 0 Å². The highest BCUT2D eigenvalue weighted by Gasteiger charge is 2.02. The lowest BCUT2D eigenvalue weighted by Gasteiger charge is -2.04. The third-order valence-electron chi connectivity index (χ3n) is 6.47. The molecule has 4 N–H and O–H groups in total. The molecule has 0 bridgehead atoms. The minimum absolute atomic E-state index is 0.190. The van der Waals surface area contributed by atoms with Gasteiger partial charge in [0, 0.05) is 13.1 Å². The SMILES string of the molecule is CCCCCCCCCCCCNCCC(=O)O.CCCCCCCCCCCCNCCS(=O)(=O)O. The largest absolute Gasteiger partial charge is 0.481 e. The zero-order chi connectivity index (χ0) is 27.9. The molecule has 0 aliphatic rings. The normalized spacial score (nSPS) is 11.3. The Bertz CT molecular complexity index is 559. The van der Waals surface area contributed by atoms with Gasteiger partial charge in [0.1, 0.15) is 0 Å². The second-order valence-corrected chi connectivity index (χ2v) is 11.9. The molecule has 0 aromatic rings. The molecule has 0 aliphatic heterocycles. The number of nitrogens with one attached hydrogen (secondary N) is 2. The summed E-state index contributed by atoms with van der Waals surface area (Å²) in [6.07, 6.45) is 26.7. The highest BCUT2D eigenvalue weighted by Crippen LogP contribution is 2.11. The number of unbranched alkanes of at least 4 members (excludes halogenated alkanes) is 18. The van der Waals surface area contributed by atoms with Crippen molar-refractivity contribution in [2.45, 2.75) is 149 Å². The van der Waals surface area contributed by atoms with Crippen molar-refractivity contribution in [2.75, 3.05) is 31.9 Å². The van der Waals surface area contributed by atoms with E-state index in [1.54, 1.807) is 0 Å². The maximum Gasteiger partial charge on any atom is 0.304 e. The van der Waals surface area contributed by atoms with Crippen LogP contribution in [-0.4, -0.2) is 56.0 Å². The average molecular weight is 551 g/mol. The highest BCUT2D eigenvalue weighted by atomic mass is 32.2. The molecule has 0 atom stereocenters. The zero-order valence-electron chi connectivity index (χ0n) is 24.4. The van der Waals surface area contributed by atoms with Crippen molar-refractivity contribution in [3.05, 3.63) is 0 Å². The average Bonchev–Trinajstić information content (AvgIpc) is 2.84. The first-order chi connectivity index (χ1) is 17.8. The lowest BCUT2D eigenvalue weighted by molar-refractivity contribution is -0.136. The van der Waals surface area contributed by atoms with Crippen molar-refractivity contribution in [3.63, 3.8) is 0 Å². The molecule has 0 aliphatic carbocycles. The Morgan fingerprint density at radius 2 is 0.865 bits per heavy atom. The Hall–Kier alpha value is -0.700. The van der Waals surface area contributed by atoms with Gasteiger partial charge in [-0.1, -0.05) is 129 Å². The van der Waals surface area contributed by atoms with Gasteiger partial charge in [0.25, 0.3) is 10.1 Å². The molecular formula is C29H62N2O5S. The van der Waals surface area contributed by atoms with Gasteiger partial charge in [-0.15, -0.1) is 0 Å². The molecule has 0 aromatic heterocycles. The summed E-state index contributed by atoms with van der Waals surface area (Å²) in [5, 5.41) is 14.6. The van der Waals surface area contributed by atoms with Crippen molar-refractivity contribution >= 4 is 16.1 Å². The fourth-order valence-corrected chi connectivity index (χ4v) is 4.52. The van der Waals surface area contributed by atoms with Gasteiger partial charge in [-0.25, -0.2) is 0 Å². The van der Waals surface area contributed by atoms with Crippen LogP contribution in [0.15, 0.2) is 0 Å². The zero-order valence-corrected chi connectivity index (χ0v) is 25.2. The van der Waals surface area contributed by atoms with Crippen LogP contribution in [0.4, 0.5) is 0 Å². The Labute approximate surface area is 230 Å². The van der Waals surface area contributed by atoms with Gasteiger partial charge in [-0.3, -0.25) is 9.35 Å². The second kappa shape index (κ2) is 31.5. The molecule has 0 radical (unpaired) electrons. The molecular weight excluding hydrogens is 488 g/mol. The van der Waals surface area contributed by atoms with Gasteiger partial charge >= 0.3 is 5.97 Å². The first-order valence-corrected chi connectivity index (χ1v) is 17.0. The predicted molar refractivity (Wildman–Crippen MR) is 158 cm³/mol. The number of carbonyl (C=O) groups is 1. The number of carboxylic acid groups (broad SMARTS) is 1. The smallest absolute Gasteiger partial charge is 0.304 e. The van der Waals surface area contributed by atoms with Crippen LogP contribution in [-0.2, 0) is 14.9 Å². The summed E-state index contributed by atoms with van der Waals surface area (Å²) in [5.74, 6) is -0.907. The molecule has 0 heterocycles. The molecule has 0 rings (SSSR count). The minimum Gasteiger partial charge on any atom is -0.481 e. The van der Waals surface area contributed by atoms with E-state index in [0.29, 0.717) is 13.1 Å². The molecule has 0 aromatic carbocycles. The Kier molecular flexibility index (Phi) is 32.8. The lowest BCUT2D eigenvalue weighted by Crippen LogP contribution is -2.23. The molecule has 0 amide bonds. The Balaban J connectivity index is 0. The van der Waals surface area contributed by atoms with E-state index in [0.717, 1.165) is 19.5 Å². The Morgan fingerprint density at radius 3 is 1.19 bits per heavy atom. The van der Waals surface area contributed by atoms with E-state index in [2.05, 4.69) is 24.5 Å². The predicted octanol–water partition coefficient (Wildman–Crippen LogP) is 7.36. The van der Waals surface area contributed by atoms with E-state index in [1.165, 1.54) is 122 Å². The van der Waals surface area contributed by atoms with E-state index in [1.807, 2.05) is 0 Å². The van der Waals surface area contributed by atoms with Crippen LogP contribution in [0.2, 0.25) is 0 Å². The van der Waals surface area contributed by atoms with Crippen molar-refractivity contribution in [1.82, 2.24) is 10.6 Å². The number of hydrogen-bond acceptors (Lipinski definition) is 5. The molecule has 0 saturated carbocycles. The first-order valence-electron chi connectivity index (χ1n) is 15.4. The van der Waals surface area contributed by atoms with Crippen molar-refractivity contribution in [2.24, 2.45) is 0 Å². The van der Waals surface area contributed by atoms with E-state index >= 15 is 0 Å². The number of rotatable bonds is 28. The van der Waals surface area contributed by atoms with Crippen LogP contribution in [0.1, 0.15) is 149 Å². The quantitative estimate of drug-likeness (QED) is 0.0594.